The third-order valence-electron chi connectivity index (χ3n) is 2.26. The number of nitrogens with one attached hydrogen (secondary N) is 1. The quantitative estimate of drug-likeness (QED) is 0.761. The van der Waals surface area contributed by atoms with E-state index >= 15 is 0 Å². The number of phenols is 1. The van der Waals surface area contributed by atoms with Gasteiger partial charge in [0.2, 0.25) is 0 Å². The summed E-state index contributed by atoms with van der Waals surface area (Å²) in [5.74, 6) is 0.882. The number of ether oxygens (including phenoxy) is 1. The highest BCUT2D eigenvalue weighted by atomic mass is 79.9. The zero-order chi connectivity index (χ0) is 12.7. The first kappa shape index (κ1) is 14.5. The van der Waals surface area contributed by atoms with Crippen molar-refractivity contribution >= 4 is 15.9 Å². The third kappa shape index (κ3) is 5.52. The molecule has 4 heteroatoms. The summed E-state index contributed by atoms with van der Waals surface area (Å²) in [6, 6.07) is 5.64. The van der Waals surface area contributed by atoms with Crippen LogP contribution in [-0.4, -0.2) is 24.9 Å². The van der Waals surface area contributed by atoms with Crippen molar-refractivity contribution in [3.8, 4) is 5.75 Å². The Morgan fingerprint density at radius 3 is 2.88 bits per heavy atom. The lowest BCUT2D eigenvalue weighted by molar-refractivity contribution is 0.111. The van der Waals surface area contributed by atoms with E-state index in [1.54, 1.807) is 0 Å². The minimum absolute atomic E-state index is 0.308. The molecule has 3 nitrogen and oxygen atoms in total. The van der Waals surface area contributed by atoms with Gasteiger partial charge in [0, 0.05) is 25.3 Å². The van der Waals surface area contributed by atoms with E-state index in [4.69, 9.17) is 4.74 Å². The van der Waals surface area contributed by atoms with Crippen LogP contribution in [-0.2, 0) is 11.3 Å². The van der Waals surface area contributed by atoms with Crippen molar-refractivity contribution in [3.63, 3.8) is 0 Å². The standard InChI is InChI=1S/C13H20BrNO2/c1-10(2)9-17-7-6-15-8-11-4-3-5-12(14)13(11)16/h3-5,10,15-16H,6-9H2,1-2H3. The molecule has 0 amide bonds. The Labute approximate surface area is 111 Å². The summed E-state index contributed by atoms with van der Waals surface area (Å²) in [7, 11) is 0. The fraction of sp³-hybridized carbons (Fsp3) is 0.538. The summed E-state index contributed by atoms with van der Waals surface area (Å²) in [5.41, 5.74) is 0.892. The van der Waals surface area contributed by atoms with E-state index in [1.807, 2.05) is 18.2 Å². The topological polar surface area (TPSA) is 41.5 Å². The van der Waals surface area contributed by atoms with Crippen molar-refractivity contribution in [3.05, 3.63) is 28.2 Å². The van der Waals surface area contributed by atoms with E-state index < -0.39 is 0 Å². The number of rotatable bonds is 7. The molecule has 0 fully saturated rings. The van der Waals surface area contributed by atoms with Gasteiger partial charge >= 0.3 is 0 Å². The van der Waals surface area contributed by atoms with Gasteiger partial charge in [0.05, 0.1) is 11.1 Å². The molecule has 17 heavy (non-hydrogen) atoms. The highest BCUT2D eigenvalue weighted by molar-refractivity contribution is 9.10. The lowest BCUT2D eigenvalue weighted by Gasteiger charge is -2.09. The van der Waals surface area contributed by atoms with Gasteiger partial charge in [-0.2, -0.15) is 0 Å². The number of benzene rings is 1. The van der Waals surface area contributed by atoms with Crippen molar-refractivity contribution in [2.75, 3.05) is 19.8 Å². The summed E-state index contributed by atoms with van der Waals surface area (Å²) in [4.78, 5) is 0. The van der Waals surface area contributed by atoms with E-state index in [0.29, 0.717) is 24.8 Å². The summed E-state index contributed by atoms with van der Waals surface area (Å²) in [6.45, 7) is 7.20. The normalized spacial score (nSPS) is 11.1. The van der Waals surface area contributed by atoms with E-state index in [9.17, 15) is 5.11 Å². The maximum Gasteiger partial charge on any atom is 0.134 e. The fourth-order valence-corrected chi connectivity index (χ4v) is 1.80. The molecule has 1 aromatic rings. The fourth-order valence-electron chi connectivity index (χ4n) is 1.39. The van der Waals surface area contributed by atoms with Crippen molar-refractivity contribution < 1.29 is 9.84 Å². The van der Waals surface area contributed by atoms with Gasteiger partial charge in [0.25, 0.3) is 0 Å². The predicted molar refractivity (Wildman–Crippen MR) is 73.2 cm³/mol. The molecule has 0 aliphatic rings. The van der Waals surface area contributed by atoms with Crippen molar-refractivity contribution in [1.82, 2.24) is 5.32 Å². The molecule has 0 spiro atoms. The first-order valence-electron chi connectivity index (χ1n) is 5.86. The van der Waals surface area contributed by atoms with Crippen LogP contribution in [0.3, 0.4) is 0 Å². The zero-order valence-electron chi connectivity index (χ0n) is 10.4. The van der Waals surface area contributed by atoms with Gasteiger partial charge in [-0.15, -0.1) is 0 Å². The molecule has 1 aromatic carbocycles. The molecular formula is C13H20BrNO2. The Morgan fingerprint density at radius 1 is 1.41 bits per heavy atom. The van der Waals surface area contributed by atoms with Crippen LogP contribution in [0.1, 0.15) is 19.4 Å². The van der Waals surface area contributed by atoms with E-state index in [2.05, 4.69) is 35.1 Å². The second-order valence-corrected chi connectivity index (χ2v) is 5.25. The predicted octanol–water partition coefficient (Wildman–Crippen LogP) is 2.92. The second-order valence-electron chi connectivity index (χ2n) is 4.39. The molecule has 0 radical (unpaired) electrons. The monoisotopic (exact) mass is 301 g/mol. The van der Waals surface area contributed by atoms with Crippen LogP contribution in [0.25, 0.3) is 0 Å². The lowest BCUT2D eigenvalue weighted by atomic mass is 10.2. The summed E-state index contributed by atoms with van der Waals surface area (Å²) in [6.07, 6.45) is 0. The molecule has 0 aromatic heterocycles. The number of hydrogen-bond donors (Lipinski definition) is 2. The summed E-state index contributed by atoms with van der Waals surface area (Å²) >= 11 is 3.29. The maximum absolute atomic E-state index is 9.75. The van der Waals surface area contributed by atoms with Crippen LogP contribution in [0, 0.1) is 5.92 Å². The highest BCUT2D eigenvalue weighted by Gasteiger charge is 2.03. The Hall–Kier alpha value is -0.580. The Bertz CT molecular complexity index is 342. The first-order chi connectivity index (χ1) is 8.11. The highest BCUT2D eigenvalue weighted by Crippen LogP contribution is 2.26. The van der Waals surface area contributed by atoms with Crippen LogP contribution in [0.2, 0.25) is 0 Å². The molecule has 0 atom stereocenters. The summed E-state index contributed by atoms with van der Waals surface area (Å²) < 4.78 is 6.18. The number of aromatic hydroxyl groups is 1. The Kier molecular flexibility index (Phi) is 6.55. The molecule has 1 rings (SSSR count). The van der Waals surface area contributed by atoms with Crippen LogP contribution in [0.15, 0.2) is 22.7 Å². The molecule has 0 saturated carbocycles. The SMILES string of the molecule is CC(C)COCCNCc1cccc(Br)c1O. The minimum atomic E-state index is 0.308. The van der Waals surface area contributed by atoms with Gasteiger partial charge < -0.3 is 15.2 Å². The average molecular weight is 302 g/mol. The molecule has 96 valence electrons. The van der Waals surface area contributed by atoms with Gasteiger partial charge in [0.15, 0.2) is 0 Å². The van der Waals surface area contributed by atoms with E-state index in [0.717, 1.165) is 23.2 Å². The van der Waals surface area contributed by atoms with Gasteiger partial charge in [-0.05, 0) is 27.9 Å². The van der Waals surface area contributed by atoms with Gasteiger partial charge in [-0.25, -0.2) is 0 Å². The summed E-state index contributed by atoms with van der Waals surface area (Å²) in [5, 5.41) is 13.0. The lowest BCUT2D eigenvalue weighted by Crippen LogP contribution is -2.20. The Morgan fingerprint density at radius 2 is 2.18 bits per heavy atom. The minimum Gasteiger partial charge on any atom is -0.506 e. The maximum atomic E-state index is 9.75. The average Bonchev–Trinajstić information content (AvgIpc) is 2.28. The number of phenolic OH excluding ortho intramolecular Hbond substituents is 1. The molecule has 0 bridgehead atoms. The molecule has 0 unspecified atom stereocenters. The van der Waals surface area contributed by atoms with Crippen molar-refractivity contribution in [1.29, 1.82) is 0 Å². The van der Waals surface area contributed by atoms with Gasteiger partial charge in [0.1, 0.15) is 5.75 Å². The number of halogens is 1. The Balaban J connectivity index is 2.20. The van der Waals surface area contributed by atoms with Crippen molar-refractivity contribution in [2.45, 2.75) is 20.4 Å². The van der Waals surface area contributed by atoms with E-state index in [1.165, 1.54) is 0 Å². The zero-order valence-corrected chi connectivity index (χ0v) is 12.0. The largest absolute Gasteiger partial charge is 0.506 e. The van der Waals surface area contributed by atoms with Crippen LogP contribution >= 0.6 is 15.9 Å². The molecule has 0 aliphatic carbocycles. The number of hydrogen-bond acceptors (Lipinski definition) is 3. The van der Waals surface area contributed by atoms with Crippen LogP contribution in [0.4, 0.5) is 0 Å². The molecule has 0 saturated heterocycles. The number of para-hydroxylation sites is 1. The van der Waals surface area contributed by atoms with Crippen molar-refractivity contribution in [2.24, 2.45) is 5.92 Å². The molecule has 2 N–H and O–H groups in total. The van der Waals surface area contributed by atoms with Crippen LogP contribution < -0.4 is 5.32 Å². The smallest absolute Gasteiger partial charge is 0.134 e. The van der Waals surface area contributed by atoms with Crippen LogP contribution in [0.5, 0.6) is 5.75 Å². The second kappa shape index (κ2) is 7.69. The van der Waals surface area contributed by atoms with Gasteiger partial charge in [-0.1, -0.05) is 26.0 Å². The molecular weight excluding hydrogens is 282 g/mol. The molecule has 0 aliphatic heterocycles. The van der Waals surface area contributed by atoms with Gasteiger partial charge in [-0.3, -0.25) is 0 Å². The molecule has 0 heterocycles. The van der Waals surface area contributed by atoms with E-state index in [-0.39, 0.29) is 0 Å². The first-order valence-corrected chi connectivity index (χ1v) is 6.65. The third-order valence-corrected chi connectivity index (χ3v) is 2.90.